The summed E-state index contributed by atoms with van der Waals surface area (Å²) in [6.45, 7) is 2.40. The van der Waals surface area contributed by atoms with Crippen molar-refractivity contribution in [1.29, 1.82) is 0 Å². The van der Waals surface area contributed by atoms with Gasteiger partial charge in [0.05, 0.1) is 0 Å². The molecular weight excluding hydrogens is 240 g/mol. The largest absolute Gasteiger partial charge is 0.299 e. The van der Waals surface area contributed by atoms with Crippen LogP contribution < -0.4 is 0 Å². The molecule has 74 valence electrons. The van der Waals surface area contributed by atoms with Gasteiger partial charge in [-0.3, -0.25) is 4.79 Å². The Labute approximate surface area is 91.8 Å². The minimum Gasteiger partial charge on any atom is -0.299 e. The first-order valence-corrected chi connectivity index (χ1v) is 6.76. The van der Waals surface area contributed by atoms with Crippen molar-refractivity contribution < 1.29 is 4.79 Å². The molecule has 6 saturated carbocycles. The minimum atomic E-state index is 0.370. The molecule has 6 fully saturated rings. The van der Waals surface area contributed by atoms with Crippen molar-refractivity contribution >= 4 is 21.7 Å². The first-order chi connectivity index (χ1) is 6.67. The van der Waals surface area contributed by atoms with Crippen molar-refractivity contribution in [2.75, 3.05) is 0 Å². The molecule has 0 aromatic heterocycles. The summed E-state index contributed by atoms with van der Waals surface area (Å²) >= 11 is 3.92. The van der Waals surface area contributed by atoms with Crippen LogP contribution in [0.2, 0.25) is 0 Å². The molecule has 6 aliphatic rings. The first-order valence-electron chi connectivity index (χ1n) is 5.85. The molecule has 1 nitrogen and oxygen atoms in total. The molecule has 1 unspecified atom stereocenters. The Morgan fingerprint density at radius 1 is 1.36 bits per heavy atom. The van der Waals surface area contributed by atoms with Crippen molar-refractivity contribution in [2.24, 2.45) is 46.8 Å². The van der Waals surface area contributed by atoms with Gasteiger partial charge in [-0.25, -0.2) is 0 Å². The Balaban J connectivity index is 1.92. The predicted molar refractivity (Wildman–Crippen MR) is 54.9 cm³/mol. The smallest absolute Gasteiger partial charge is 0.140 e. The standard InChI is InChI=1S/C12H13BrO/c1-12-8-4-2-3-5(6(4)11(12)13)9(12)10(14)7(3)8/h3-9,11H,2H2,1H3/t3-,4+,5?,6+,7+,8-,9+,11-,12+/m0/s1. The molecule has 0 saturated heterocycles. The lowest BCUT2D eigenvalue weighted by molar-refractivity contribution is -0.122. The van der Waals surface area contributed by atoms with Crippen LogP contribution in [0.15, 0.2) is 0 Å². The number of carbonyl (C=O) groups is 1. The molecule has 6 bridgehead atoms. The first kappa shape index (κ1) is 7.43. The van der Waals surface area contributed by atoms with E-state index in [1.165, 1.54) is 6.42 Å². The SMILES string of the molecule is C[C@]12[C@H]3[C@@H]4C[C@H]5C([C@@H]4[C@@H]1Br)[C@@H]2C(=O)[C@@H]35. The highest BCUT2D eigenvalue weighted by molar-refractivity contribution is 9.09. The Morgan fingerprint density at radius 3 is 2.86 bits per heavy atom. The monoisotopic (exact) mass is 252 g/mol. The molecule has 6 rings (SSSR count). The van der Waals surface area contributed by atoms with E-state index in [4.69, 9.17) is 0 Å². The normalized spacial score (nSPS) is 80.3. The van der Waals surface area contributed by atoms with Crippen molar-refractivity contribution in [3.8, 4) is 0 Å². The average molecular weight is 253 g/mol. The van der Waals surface area contributed by atoms with E-state index in [-0.39, 0.29) is 0 Å². The third-order valence-corrected chi connectivity index (χ3v) is 8.22. The van der Waals surface area contributed by atoms with E-state index < -0.39 is 0 Å². The van der Waals surface area contributed by atoms with Crippen molar-refractivity contribution in [1.82, 2.24) is 0 Å². The van der Waals surface area contributed by atoms with Crippen LogP contribution in [0.5, 0.6) is 0 Å². The number of halogens is 1. The van der Waals surface area contributed by atoms with Gasteiger partial charge in [0.1, 0.15) is 5.78 Å². The minimum absolute atomic E-state index is 0.370. The van der Waals surface area contributed by atoms with Crippen LogP contribution in [0.3, 0.4) is 0 Å². The summed E-state index contributed by atoms with van der Waals surface area (Å²) in [5.74, 6) is 5.85. The highest BCUT2D eigenvalue weighted by Gasteiger charge is 2.87. The molecule has 0 aromatic rings. The average Bonchev–Trinajstić information content (AvgIpc) is 2.81. The van der Waals surface area contributed by atoms with Crippen molar-refractivity contribution in [3.63, 3.8) is 0 Å². The number of hydrogen-bond donors (Lipinski definition) is 0. The number of rotatable bonds is 0. The van der Waals surface area contributed by atoms with Gasteiger partial charge in [-0.1, -0.05) is 22.9 Å². The van der Waals surface area contributed by atoms with Crippen LogP contribution in [0, 0.1) is 46.8 Å². The summed E-state index contributed by atoms with van der Waals surface area (Å²) in [5, 5.41) is 0. The second kappa shape index (κ2) is 1.66. The number of carbonyl (C=O) groups excluding carboxylic acids is 1. The fourth-order valence-electron chi connectivity index (χ4n) is 6.72. The van der Waals surface area contributed by atoms with Crippen LogP contribution in [0.1, 0.15) is 13.3 Å². The molecule has 0 amide bonds. The number of ketones is 1. The lowest BCUT2D eigenvalue weighted by Gasteiger charge is -2.38. The zero-order valence-corrected chi connectivity index (χ0v) is 9.70. The topological polar surface area (TPSA) is 17.1 Å². The van der Waals surface area contributed by atoms with E-state index >= 15 is 0 Å². The number of Topliss-reactive ketones (excluding diaryl/α,β-unsaturated/α-hetero) is 1. The Hall–Kier alpha value is 0.150. The predicted octanol–water partition coefficient (Wildman–Crippen LogP) is 2.10. The third kappa shape index (κ3) is 0.391. The lowest BCUT2D eigenvalue weighted by atomic mass is 9.64. The van der Waals surface area contributed by atoms with Gasteiger partial charge < -0.3 is 0 Å². The maximum Gasteiger partial charge on any atom is 0.140 e. The fourth-order valence-corrected chi connectivity index (χ4v) is 8.05. The number of hydrogen-bond acceptors (Lipinski definition) is 1. The van der Waals surface area contributed by atoms with Crippen LogP contribution in [0.4, 0.5) is 0 Å². The zero-order valence-electron chi connectivity index (χ0n) is 8.11. The van der Waals surface area contributed by atoms with Crippen molar-refractivity contribution in [2.45, 2.75) is 18.2 Å². The van der Waals surface area contributed by atoms with Gasteiger partial charge >= 0.3 is 0 Å². The summed E-state index contributed by atoms with van der Waals surface area (Å²) in [7, 11) is 0. The second-order valence-corrected chi connectivity index (χ2v) is 7.40. The van der Waals surface area contributed by atoms with E-state index in [0.717, 1.165) is 29.6 Å². The molecule has 14 heavy (non-hydrogen) atoms. The quantitative estimate of drug-likeness (QED) is 0.604. The summed E-state index contributed by atoms with van der Waals surface area (Å²) in [6, 6.07) is 0. The van der Waals surface area contributed by atoms with Crippen molar-refractivity contribution in [3.05, 3.63) is 0 Å². The molecular formula is C12H13BrO. The van der Waals surface area contributed by atoms with E-state index in [0.29, 0.717) is 27.9 Å². The highest BCUT2D eigenvalue weighted by atomic mass is 79.9. The third-order valence-electron chi connectivity index (χ3n) is 6.63. The molecule has 6 aliphatic carbocycles. The van der Waals surface area contributed by atoms with Gasteiger partial charge in [0.15, 0.2) is 0 Å². The molecule has 9 atom stereocenters. The molecule has 2 heteroatoms. The molecule has 0 radical (unpaired) electrons. The van der Waals surface area contributed by atoms with Gasteiger partial charge in [0, 0.05) is 16.7 Å². The molecule has 0 N–H and O–H groups in total. The van der Waals surface area contributed by atoms with Crippen LogP contribution in [-0.2, 0) is 4.79 Å². The van der Waals surface area contributed by atoms with Gasteiger partial charge in [0.2, 0.25) is 0 Å². The van der Waals surface area contributed by atoms with Gasteiger partial charge in [-0.05, 0) is 41.4 Å². The van der Waals surface area contributed by atoms with Gasteiger partial charge in [-0.15, -0.1) is 0 Å². The Bertz CT molecular complexity index is 390. The molecule has 0 heterocycles. The molecule has 0 aromatic carbocycles. The summed E-state index contributed by atoms with van der Waals surface area (Å²) in [6.07, 6.45) is 1.39. The lowest BCUT2D eigenvalue weighted by Crippen LogP contribution is -2.37. The van der Waals surface area contributed by atoms with E-state index in [9.17, 15) is 4.79 Å². The fraction of sp³-hybridized carbons (Fsp3) is 0.917. The molecule has 0 aliphatic heterocycles. The van der Waals surface area contributed by atoms with Gasteiger partial charge in [-0.2, -0.15) is 0 Å². The summed E-state index contributed by atoms with van der Waals surface area (Å²) < 4.78 is 0. The van der Waals surface area contributed by atoms with E-state index in [1.54, 1.807) is 0 Å². The maximum absolute atomic E-state index is 12.2. The maximum atomic E-state index is 12.2. The zero-order chi connectivity index (χ0) is 9.40. The van der Waals surface area contributed by atoms with Crippen LogP contribution in [0.25, 0.3) is 0 Å². The van der Waals surface area contributed by atoms with Gasteiger partial charge in [0.25, 0.3) is 0 Å². The Kier molecular flexibility index (Phi) is 0.883. The second-order valence-electron chi connectivity index (χ2n) is 6.42. The van der Waals surface area contributed by atoms with E-state index in [1.807, 2.05) is 0 Å². The Morgan fingerprint density at radius 2 is 2.14 bits per heavy atom. The van der Waals surface area contributed by atoms with Crippen LogP contribution >= 0.6 is 15.9 Å². The molecule has 0 spiro atoms. The summed E-state index contributed by atoms with van der Waals surface area (Å²) in [5.41, 5.74) is 0.370. The van der Waals surface area contributed by atoms with Crippen LogP contribution in [-0.4, -0.2) is 10.6 Å². The van der Waals surface area contributed by atoms with E-state index in [2.05, 4.69) is 22.9 Å². The number of alkyl halides is 1. The summed E-state index contributed by atoms with van der Waals surface area (Å²) in [4.78, 5) is 12.9. The highest BCUT2D eigenvalue weighted by Crippen LogP contribution is 2.86.